The van der Waals surface area contributed by atoms with Gasteiger partial charge in [0.25, 0.3) is 0 Å². The van der Waals surface area contributed by atoms with Gasteiger partial charge in [-0.25, -0.2) is 9.97 Å². The maximum Gasteiger partial charge on any atom is 0.130 e. The molecule has 0 aliphatic carbocycles. The number of aryl methyl sites for hydroxylation is 1. The lowest BCUT2D eigenvalue weighted by Crippen LogP contribution is -2.36. The van der Waals surface area contributed by atoms with Crippen LogP contribution >= 0.6 is 0 Å². The van der Waals surface area contributed by atoms with Gasteiger partial charge in [-0.3, -0.25) is 0 Å². The van der Waals surface area contributed by atoms with Gasteiger partial charge >= 0.3 is 0 Å². The van der Waals surface area contributed by atoms with Crippen LogP contribution in [0.3, 0.4) is 0 Å². The zero-order chi connectivity index (χ0) is 12.0. The molecule has 0 spiro atoms. The van der Waals surface area contributed by atoms with Crippen molar-refractivity contribution in [3.63, 3.8) is 0 Å². The van der Waals surface area contributed by atoms with E-state index in [9.17, 15) is 0 Å². The highest BCUT2D eigenvalue weighted by molar-refractivity contribution is 5.37. The van der Waals surface area contributed by atoms with Crippen LogP contribution in [0.1, 0.15) is 39.3 Å². The summed E-state index contributed by atoms with van der Waals surface area (Å²) in [5, 5.41) is 3.45. The number of nitrogens with two attached hydrogens (primary N) is 1. The third kappa shape index (κ3) is 3.45. The minimum absolute atomic E-state index is 0.0219. The number of nitrogens with zero attached hydrogens (tertiary/aromatic N) is 2. The molecule has 3 N–H and O–H groups in total. The predicted molar refractivity (Wildman–Crippen MR) is 67.4 cm³/mol. The highest BCUT2D eigenvalue weighted by atomic mass is 15.1. The van der Waals surface area contributed by atoms with E-state index in [1.165, 1.54) is 0 Å². The molecule has 0 aromatic carbocycles. The first-order valence-electron chi connectivity index (χ1n) is 5.92. The molecule has 1 aromatic rings. The van der Waals surface area contributed by atoms with Gasteiger partial charge in [-0.2, -0.15) is 0 Å². The number of hydrogen-bond donors (Lipinski definition) is 2. The lowest BCUT2D eigenvalue weighted by molar-refractivity contribution is 0.461. The highest BCUT2D eigenvalue weighted by Gasteiger charge is 2.21. The van der Waals surface area contributed by atoms with Crippen molar-refractivity contribution in [2.75, 3.05) is 11.9 Å². The summed E-state index contributed by atoms with van der Waals surface area (Å²) in [6.07, 6.45) is 4.50. The minimum atomic E-state index is 0.0219. The molecular formula is C12H22N4. The second-order valence-corrected chi connectivity index (χ2v) is 4.33. The first-order chi connectivity index (χ1) is 7.63. The Hall–Kier alpha value is -1.16. The monoisotopic (exact) mass is 222 g/mol. The van der Waals surface area contributed by atoms with Crippen molar-refractivity contribution in [1.29, 1.82) is 0 Å². The van der Waals surface area contributed by atoms with Crippen LogP contribution in [0, 0.1) is 0 Å². The van der Waals surface area contributed by atoms with Gasteiger partial charge in [0.15, 0.2) is 0 Å². The molecule has 1 rings (SSSR count). The molecule has 1 atom stereocenters. The van der Waals surface area contributed by atoms with Crippen LogP contribution in [0.4, 0.5) is 5.82 Å². The number of rotatable bonds is 6. The lowest BCUT2D eigenvalue weighted by atomic mass is 9.94. The Bertz CT molecular complexity index is 327. The fourth-order valence-electron chi connectivity index (χ4n) is 1.61. The maximum absolute atomic E-state index is 5.63. The van der Waals surface area contributed by atoms with Gasteiger partial charge in [0.1, 0.15) is 12.1 Å². The third-order valence-corrected chi connectivity index (χ3v) is 2.99. The van der Waals surface area contributed by atoms with E-state index in [0.29, 0.717) is 6.54 Å². The van der Waals surface area contributed by atoms with E-state index < -0.39 is 0 Å². The molecule has 0 saturated heterocycles. The molecule has 0 aliphatic rings. The Kier molecular flexibility index (Phi) is 4.68. The van der Waals surface area contributed by atoms with Gasteiger partial charge < -0.3 is 11.1 Å². The molecular weight excluding hydrogens is 200 g/mol. The molecule has 4 heteroatoms. The van der Waals surface area contributed by atoms with Crippen LogP contribution in [0.2, 0.25) is 0 Å². The smallest absolute Gasteiger partial charge is 0.130 e. The van der Waals surface area contributed by atoms with Gasteiger partial charge in [-0.05, 0) is 32.7 Å². The first kappa shape index (κ1) is 12.9. The summed E-state index contributed by atoms with van der Waals surface area (Å²) in [4.78, 5) is 8.42. The van der Waals surface area contributed by atoms with Crippen molar-refractivity contribution in [3.8, 4) is 0 Å². The van der Waals surface area contributed by atoms with Crippen LogP contribution < -0.4 is 11.1 Å². The Morgan fingerprint density at radius 2 is 2.12 bits per heavy atom. The summed E-state index contributed by atoms with van der Waals surface area (Å²) in [7, 11) is 0. The highest BCUT2D eigenvalue weighted by Crippen LogP contribution is 2.20. The maximum atomic E-state index is 5.63. The van der Waals surface area contributed by atoms with E-state index in [1.807, 2.05) is 6.07 Å². The average molecular weight is 222 g/mol. The van der Waals surface area contributed by atoms with Crippen LogP contribution in [0.5, 0.6) is 0 Å². The van der Waals surface area contributed by atoms with Crippen LogP contribution in [0.25, 0.3) is 0 Å². The Balaban J connectivity index is 2.77. The fourth-order valence-corrected chi connectivity index (χ4v) is 1.61. The van der Waals surface area contributed by atoms with Crippen molar-refractivity contribution < 1.29 is 0 Å². The molecule has 4 nitrogen and oxygen atoms in total. The molecule has 0 amide bonds. The second-order valence-electron chi connectivity index (χ2n) is 4.33. The summed E-state index contributed by atoms with van der Waals surface area (Å²) in [5.74, 6) is 0.893. The molecule has 1 aromatic heterocycles. The van der Waals surface area contributed by atoms with E-state index >= 15 is 0 Å². The van der Waals surface area contributed by atoms with E-state index in [4.69, 9.17) is 5.73 Å². The van der Waals surface area contributed by atoms with Gasteiger partial charge in [-0.15, -0.1) is 0 Å². The second kappa shape index (κ2) is 5.80. The zero-order valence-electron chi connectivity index (χ0n) is 10.5. The van der Waals surface area contributed by atoms with Crippen molar-refractivity contribution >= 4 is 5.82 Å². The molecule has 90 valence electrons. The number of hydrogen-bond acceptors (Lipinski definition) is 4. The number of nitrogens with one attached hydrogen (secondary N) is 1. The molecule has 0 aliphatic heterocycles. The molecule has 1 heterocycles. The molecule has 0 radical (unpaired) electrons. The number of anilines is 1. The van der Waals surface area contributed by atoms with Gasteiger partial charge in [0, 0.05) is 17.3 Å². The van der Waals surface area contributed by atoms with Crippen LogP contribution in [-0.4, -0.2) is 22.1 Å². The molecule has 0 saturated carbocycles. The fraction of sp³-hybridized carbons (Fsp3) is 0.667. The van der Waals surface area contributed by atoms with Crippen molar-refractivity contribution in [1.82, 2.24) is 9.97 Å². The van der Waals surface area contributed by atoms with Crippen molar-refractivity contribution in [2.24, 2.45) is 5.73 Å². The quantitative estimate of drug-likeness (QED) is 0.772. The Labute approximate surface area is 97.7 Å². The largest absolute Gasteiger partial charge is 0.365 e. The van der Waals surface area contributed by atoms with Gasteiger partial charge in [0.2, 0.25) is 0 Å². The predicted octanol–water partition coefficient (Wildman–Crippen LogP) is 1.97. The Morgan fingerprint density at radius 3 is 2.69 bits per heavy atom. The van der Waals surface area contributed by atoms with E-state index in [-0.39, 0.29) is 5.54 Å². The molecule has 1 unspecified atom stereocenters. The first-order valence-corrected chi connectivity index (χ1v) is 5.92. The summed E-state index contributed by atoms with van der Waals surface area (Å²) in [5.41, 5.74) is 6.71. The lowest BCUT2D eigenvalue weighted by Gasteiger charge is -2.29. The van der Waals surface area contributed by atoms with E-state index in [2.05, 4.69) is 36.1 Å². The molecule has 16 heavy (non-hydrogen) atoms. The van der Waals surface area contributed by atoms with Gasteiger partial charge in [-0.1, -0.05) is 13.8 Å². The van der Waals surface area contributed by atoms with Crippen LogP contribution in [-0.2, 0) is 6.42 Å². The van der Waals surface area contributed by atoms with Crippen molar-refractivity contribution in [3.05, 3.63) is 18.1 Å². The Morgan fingerprint density at radius 1 is 1.38 bits per heavy atom. The number of aromatic nitrogens is 2. The average Bonchev–Trinajstić information content (AvgIpc) is 2.29. The summed E-state index contributed by atoms with van der Waals surface area (Å²) in [6, 6.07) is 2.00. The molecule has 0 fully saturated rings. The zero-order valence-corrected chi connectivity index (χ0v) is 10.5. The summed E-state index contributed by atoms with van der Waals surface area (Å²) < 4.78 is 0. The molecule has 0 bridgehead atoms. The standard InChI is InChI=1S/C12H22N4/c1-4-10-8-11(15-9-14-10)16-12(3,5-2)6-7-13/h8-9H,4-7,13H2,1-3H3,(H,14,15,16). The van der Waals surface area contributed by atoms with Crippen LogP contribution in [0.15, 0.2) is 12.4 Å². The minimum Gasteiger partial charge on any atom is -0.365 e. The normalized spacial score (nSPS) is 14.5. The van der Waals surface area contributed by atoms with E-state index in [1.54, 1.807) is 6.33 Å². The van der Waals surface area contributed by atoms with Crippen molar-refractivity contribution in [2.45, 2.75) is 45.6 Å². The summed E-state index contributed by atoms with van der Waals surface area (Å²) >= 11 is 0. The van der Waals surface area contributed by atoms with Gasteiger partial charge in [0.05, 0.1) is 0 Å². The summed E-state index contributed by atoms with van der Waals surface area (Å²) in [6.45, 7) is 7.10. The topological polar surface area (TPSA) is 63.8 Å². The third-order valence-electron chi connectivity index (χ3n) is 2.99. The SMILES string of the molecule is CCc1cc(NC(C)(CC)CCN)ncn1. The van der Waals surface area contributed by atoms with E-state index in [0.717, 1.165) is 30.8 Å².